The normalized spacial score (nSPS) is 15.6. The van der Waals surface area contributed by atoms with Gasteiger partial charge in [0.1, 0.15) is 5.75 Å². The molecule has 0 radical (unpaired) electrons. The van der Waals surface area contributed by atoms with Gasteiger partial charge in [0.15, 0.2) is 0 Å². The van der Waals surface area contributed by atoms with E-state index >= 15 is 0 Å². The van der Waals surface area contributed by atoms with Crippen LogP contribution in [0.5, 0.6) is 5.75 Å². The molecule has 1 aliphatic rings. The molecule has 26 heavy (non-hydrogen) atoms. The van der Waals surface area contributed by atoms with Crippen molar-refractivity contribution in [1.82, 2.24) is 10.2 Å². The molecular weight excluding hydrogens is 354 g/mol. The number of likely N-dealkylation sites (tertiary alicyclic amines) is 1. The molecule has 2 aromatic rings. The van der Waals surface area contributed by atoms with E-state index < -0.39 is 4.92 Å². The second-order valence-electron chi connectivity index (χ2n) is 6.27. The first-order chi connectivity index (χ1) is 12.5. The van der Waals surface area contributed by atoms with Crippen molar-refractivity contribution in [2.24, 2.45) is 0 Å². The Morgan fingerprint density at radius 1 is 1.35 bits per heavy atom. The van der Waals surface area contributed by atoms with Gasteiger partial charge >= 0.3 is 5.00 Å². The molecule has 8 heteroatoms. The van der Waals surface area contributed by atoms with E-state index in [1.807, 2.05) is 18.2 Å². The van der Waals surface area contributed by atoms with E-state index in [1.165, 1.54) is 17.7 Å². The molecule has 1 fully saturated rings. The molecule has 1 saturated heterocycles. The van der Waals surface area contributed by atoms with Crippen molar-refractivity contribution >= 4 is 22.2 Å². The van der Waals surface area contributed by atoms with Crippen LogP contribution in [0, 0.1) is 10.1 Å². The first-order valence-electron chi connectivity index (χ1n) is 8.45. The van der Waals surface area contributed by atoms with E-state index in [2.05, 4.69) is 16.3 Å². The zero-order valence-corrected chi connectivity index (χ0v) is 15.3. The van der Waals surface area contributed by atoms with Crippen molar-refractivity contribution in [2.75, 3.05) is 20.2 Å². The summed E-state index contributed by atoms with van der Waals surface area (Å²) >= 11 is 0.910. The highest BCUT2D eigenvalue weighted by Gasteiger charge is 2.23. The van der Waals surface area contributed by atoms with Gasteiger partial charge in [0.2, 0.25) is 0 Å². The number of hydrogen-bond donors (Lipinski definition) is 1. The molecule has 0 saturated carbocycles. The maximum absolute atomic E-state index is 12.2. The van der Waals surface area contributed by atoms with Crippen molar-refractivity contribution in [1.29, 1.82) is 0 Å². The lowest BCUT2D eigenvalue weighted by Gasteiger charge is -2.32. The Bertz CT molecular complexity index is 784. The van der Waals surface area contributed by atoms with Gasteiger partial charge in [-0.3, -0.25) is 19.8 Å². The number of piperidine rings is 1. The molecule has 0 unspecified atom stereocenters. The highest BCUT2D eigenvalue weighted by molar-refractivity contribution is 7.17. The second-order valence-corrected chi connectivity index (χ2v) is 7.33. The molecule has 1 amide bonds. The number of rotatable bonds is 6. The van der Waals surface area contributed by atoms with Crippen LogP contribution in [0.4, 0.5) is 5.00 Å². The third kappa shape index (κ3) is 4.59. The Morgan fingerprint density at radius 3 is 2.77 bits per heavy atom. The van der Waals surface area contributed by atoms with Gasteiger partial charge in [-0.15, -0.1) is 0 Å². The van der Waals surface area contributed by atoms with Gasteiger partial charge in [-0.1, -0.05) is 23.5 Å². The summed E-state index contributed by atoms with van der Waals surface area (Å²) in [5.74, 6) is 0.629. The average molecular weight is 375 g/mol. The molecule has 2 heterocycles. The van der Waals surface area contributed by atoms with Gasteiger partial charge in [0, 0.05) is 31.7 Å². The topological polar surface area (TPSA) is 84.7 Å². The van der Waals surface area contributed by atoms with Crippen LogP contribution in [0.15, 0.2) is 36.4 Å². The van der Waals surface area contributed by atoms with E-state index in [1.54, 1.807) is 7.11 Å². The van der Waals surface area contributed by atoms with Crippen LogP contribution in [0.3, 0.4) is 0 Å². The van der Waals surface area contributed by atoms with E-state index in [9.17, 15) is 14.9 Å². The number of nitrogens with zero attached hydrogens (tertiary/aromatic N) is 2. The monoisotopic (exact) mass is 375 g/mol. The van der Waals surface area contributed by atoms with E-state index in [4.69, 9.17) is 4.74 Å². The van der Waals surface area contributed by atoms with Crippen LogP contribution in [0.25, 0.3) is 0 Å². The van der Waals surface area contributed by atoms with Gasteiger partial charge in [0.05, 0.1) is 16.9 Å². The van der Waals surface area contributed by atoms with E-state index in [0.29, 0.717) is 4.88 Å². The number of carbonyl (C=O) groups excluding carboxylic acids is 1. The molecule has 0 aliphatic carbocycles. The Labute approximate surface area is 155 Å². The van der Waals surface area contributed by atoms with Crippen LogP contribution in [0.1, 0.15) is 28.1 Å². The van der Waals surface area contributed by atoms with Gasteiger partial charge in [-0.2, -0.15) is 0 Å². The maximum Gasteiger partial charge on any atom is 0.324 e. The SMILES string of the molecule is COc1cccc(CN2CCC(NC(=O)c3ccc([N+](=O)[O-])s3)CC2)c1. The van der Waals surface area contributed by atoms with Gasteiger partial charge in [-0.05, 0) is 36.6 Å². The number of thiophene rings is 1. The van der Waals surface area contributed by atoms with Crippen molar-refractivity contribution in [3.63, 3.8) is 0 Å². The van der Waals surface area contributed by atoms with Crippen LogP contribution in [-0.2, 0) is 6.54 Å². The van der Waals surface area contributed by atoms with Crippen LogP contribution >= 0.6 is 11.3 Å². The lowest BCUT2D eigenvalue weighted by Crippen LogP contribution is -2.44. The molecule has 7 nitrogen and oxygen atoms in total. The van der Waals surface area contributed by atoms with E-state index in [-0.39, 0.29) is 17.0 Å². The first kappa shape index (κ1) is 18.3. The number of nitro groups is 1. The fourth-order valence-corrected chi connectivity index (χ4v) is 3.79. The zero-order valence-electron chi connectivity index (χ0n) is 14.5. The number of nitrogens with one attached hydrogen (secondary N) is 1. The predicted octanol–water partition coefficient (Wildman–Crippen LogP) is 3.06. The second kappa shape index (κ2) is 8.29. The quantitative estimate of drug-likeness (QED) is 0.620. The van der Waals surface area contributed by atoms with Crippen LogP contribution in [-0.4, -0.2) is 42.0 Å². The van der Waals surface area contributed by atoms with Crippen LogP contribution < -0.4 is 10.1 Å². The molecule has 0 atom stereocenters. The van der Waals surface area contributed by atoms with Crippen molar-refractivity contribution in [3.05, 3.63) is 57.0 Å². The summed E-state index contributed by atoms with van der Waals surface area (Å²) in [7, 11) is 1.66. The standard InChI is InChI=1S/C18H21N3O4S/c1-25-15-4-2-3-13(11-15)12-20-9-7-14(8-10-20)19-18(22)16-5-6-17(26-16)21(23)24/h2-6,11,14H,7-10,12H2,1H3,(H,19,22). The minimum Gasteiger partial charge on any atom is -0.497 e. The number of ether oxygens (including phenoxy) is 1. The molecule has 1 aromatic carbocycles. The third-order valence-corrected chi connectivity index (χ3v) is 5.49. The minimum absolute atomic E-state index is 0.0109. The lowest BCUT2D eigenvalue weighted by molar-refractivity contribution is -0.380. The highest BCUT2D eigenvalue weighted by atomic mass is 32.1. The fourth-order valence-electron chi connectivity index (χ4n) is 3.07. The molecule has 1 aliphatic heterocycles. The number of methoxy groups -OCH3 is 1. The molecule has 1 N–H and O–H groups in total. The fraction of sp³-hybridized carbons (Fsp3) is 0.389. The Kier molecular flexibility index (Phi) is 5.85. The molecule has 138 valence electrons. The summed E-state index contributed by atoms with van der Waals surface area (Å²) in [6.07, 6.45) is 1.73. The summed E-state index contributed by atoms with van der Waals surface area (Å²) in [5, 5.41) is 13.7. The summed E-state index contributed by atoms with van der Waals surface area (Å²) in [5.41, 5.74) is 1.21. The summed E-state index contributed by atoms with van der Waals surface area (Å²) in [6.45, 7) is 2.65. The Hall–Kier alpha value is -2.45. The molecule has 0 spiro atoms. The Balaban J connectivity index is 1.48. The van der Waals surface area contributed by atoms with Crippen molar-refractivity contribution < 1.29 is 14.5 Å². The average Bonchev–Trinajstić information content (AvgIpc) is 3.14. The highest BCUT2D eigenvalue weighted by Crippen LogP contribution is 2.24. The third-order valence-electron chi connectivity index (χ3n) is 4.46. The molecule has 3 rings (SSSR count). The predicted molar refractivity (Wildman–Crippen MR) is 99.7 cm³/mol. The van der Waals surface area contributed by atoms with Gasteiger partial charge in [0.25, 0.3) is 5.91 Å². The summed E-state index contributed by atoms with van der Waals surface area (Å²) < 4.78 is 5.26. The number of amides is 1. The summed E-state index contributed by atoms with van der Waals surface area (Å²) in [4.78, 5) is 25.2. The molecule has 1 aromatic heterocycles. The number of carbonyl (C=O) groups is 1. The minimum atomic E-state index is -0.474. The van der Waals surface area contributed by atoms with Gasteiger partial charge in [-0.25, -0.2) is 0 Å². The van der Waals surface area contributed by atoms with Crippen molar-refractivity contribution in [3.8, 4) is 5.75 Å². The maximum atomic E-state index is 12.2. The lowest BCUT2D eigenvalue weighted by atomic mass is 10.0. The number of benzene rings is 1. The van der Waals surface area contributed by atoms with Gasteiger partial charge < -0.3 is 10.1 Å². The van der Waals surface area contributed by atoms with E-state index in [0.717, 1.165) is 49.6 Å². The van der Waals surface area contributed by atoms with Crippen molar-refractivity contribution in [2.45, 2.75) is 25.4 Å². The Morgan fingerprint density at radius 2 is 2.12 bits per heavy atom. The molecular formula is C18H21N3O4S. The smallest absolute Gasteiger partial charge is 0.324 e. The molecule has 0 bridgehead atoms. The number of hydrogen-bond acceptors (Lipinski definition) is 6. The summed E-state index contributed by atoms with van der Waals surface area (Å²) in [6, 6.07) is 11.0. The first-order valence-corrected chi connectivity index (χ1v) is 9.27. The van der Waals surface area contributed by atoms with Crippen LogP contribution in [0.2, 0.25) is 0 Å². The largest absolute Gasteiger partial charge is 0.497 e. The zero-order chi connectivity index (χ0) is 18.5.